The number of amides is 1. The number of thiophene rings is 1. The van der Waals surface area contributed by atoms with Gasteiger partial charge in [0, 0.05) is 10.6 Å². The Balaban J connectivity index is 2.25. The van der Waals surface area contributed by atoms with Crippen LogP contribution in [-0.2, 0) is 11.3 Å². The minimum absolute atomic E-state index is 0.0413. The minimum atomic E-state index is -0.466. The maximum Gasteiger partial charge on any atom is 0.244 e. The van der Waals surface area contributed by atoms with E-state index in [4.69, 9.17) is 10.5 Å². The fourth-order valence-electron chi connectivity index (χ4n) is 2.25. The number of hydrogen-bond acceptors (Lipinski definition) is 4. The summed E-state index contributed by atoms with van der Waals surface area (Å²) < 4.78 is 5.18. The summed E-state index contributed by atoms with van der Waals surface area (Å²) in [6.07, 6.45) is 1.58. The molecule has 1 aromatic carbocycles. The van der Waals surface area contributed by atoms with Gasteiger partial charge in [0.1, 0.15) is 5.75 Å². The van der Waals surface area contributed by atoms with Crippen molar-refractivity contribution < 1.29 is 9.53 Å². The van der Waals surface area contributed by atoms with E-state index in [1.165, 1.54) is 0 Å². The number of carbonyl (C=O) groups excluding carboxylic acids is 1. The Hall–Kier alpha value is -1.85. The molecule has 2 rings (SSSR count). The molecule has 0 fully saturated rings. The molecule has 1 heterocycles. The van der Waals surface area contributed by atoms with Gasteiger partial charge in [-0.1, -0.05) is 19.4 Å². The molecule has 0 radical (unpaired) electrons. The van der Waals surface area contributed by atoms with Gasteiger partial charge in [-0.05, 0) is 42.1 Å². The third kappa shape index (κ3) is 4.08. The van der Waals surface area contributed by atoms with Gasteiger partial charge in [-0.25, -0.2) is 0 Å². The van der Waals surface area contributed by atoms with Gasteiger partial charge in [0.15, 0.2) is 0 Å². The monoisotopic (exact) mass is 318 g/mol. The highest BCUT2D eigenvalue weighted by Gasteiger charge is 2.22. The Morgan fingerprint density at radius 2 is 2.05 bits per heavy atom. The summed E-state index contributed by atoms with van der Waals surface area (Å²) in [6.45, 7) is 2.57. The number of hydrogen-bond donors (Lipinski definition) is 1. The Bertz CT molecular complexity index is 581. The van der Waals surface area contributed by atoms with E-state index in [1.54, 1.807) is 23.3 Å². The van der Waals surface area contributed by atoms with Gasteiger partial charge in [-0.3, -0.25) is 4.79 Å². The van der Waals surface area contributed by atoms with E-state index >= 15 is 0 Å². The Morgan fingerprint density at radius 1 is 1.32 bits per heavy atom. The maximum atomic E-state index is 12.7. The topological polar surface area (TPSA) is 55.6 Å². The molecule has 0 bridgehead atoms. The Morgan fingerprint density at radius 3 is 2.59 bits per heavy atom. The first-order valence-electron chi connectivity index (χ1n) is 7.39. The molecule has 0 spiro atoms. The van der Waals surface area contributed by atoms with Crippen LogP contribution in [0, 0.1) is 0 Å². The van der Waals surface area contributed by atoms with E-state index in [9.17, 15) is 4.79 Å². The highest BCUT2D eigenvalue weighted by Crippen LogP contribution is 2.23. The van der Waals surface area contributed by atoms with E-state index in [2.05, 4.69) is 0 Å². The van der Waals surface area contributed by atoms with Crippen molar-refractivity contribution in [1.29, 1.82) is 0 Å². The molecule has 2 N–H and O–H groups in total. The zero-order valence-corrected chi connectivity index (χ0v) is 13.8. The smallest absolute Gasteiger partial charge is 0.244 e. The van der Waals surface area contributed by atoms with Crippen molar-refractivity contribution in [3.8, 4) is 5.75 Å². The molecule has 2 aromatic rings. The second-order valence-corrected chi connectivity index (χ2v) is 6.13. The number of benzene rings is 1. The zero-order valence-electron chi connectivity index (χ0n) is 13.0. The van der Waals surface area contributed by atoms with Gasteiger partial charge in [-0.15, -0.1) is 11.3 Å². The number of rotatable bonds is 7. The standard InChI is InChI=1S/C17H22N2O2S/c1-3-5-16(18)17(20)19(12-15-6-4-11-22-15)13-7-9-14(21-2)10-8-13/h4,6-11,16H,3,5,12,18H2,1-2H3. The molecule has 1 unspecified atom stereocenters. The van der Waals surface area contributed by atoms with E-state index in [-0.39, 0.29) is 5.91 Å². The van der Waals surface area contributed by atoms with Crippen LogP contribution in [0.15, 0.2) is 41.8 Å². The van der Waals surface area contributed by atoms with E-state index in [0.29, 0.717) is 13.0 Å². The third-order valence-electron chi connectivity index (χ3n) is 3.46. The summed E-state index contributed by atoms with van der Waals surface area (Å²) in [7, 11) is 1.63. The van der Waals surface area contributed by atoms with Gasteiger partial charge < -0.3 is 15.4 Å². The predicted octanol–water partition coefficient (Wildman–Crippen LogP) is 3.42. The molecule has 0 saturated heterocycles. The first kappa shape index (κ1) is 16.5. The molecular weight excluding hydrogens is 296 g/mol. The summed E-state index contributed by atoms with van der Waals surface area (Å²) in [5, 5.41) is 2.01. The van der Waals surface area contributed by atoms with Crippen LogP contribution in [0.3, 0.4) is 0 Å². The van der Waals surface area contributed by atoms with Crippen LogP contribution >= 0.6 is 11.3 Å². The average molecular weight is 318 g/mol. The number of methoxy groups -OCH3 is 1. The van der Waals surface area contributed by atoms with Crippen LogP contribution in [0.1, 0.15) is 24.6 Å². The first-order chi connectivity index (χ1) is 10.7. The van der Waals surface area contributed by atoms with E-state index in [1.807, 2.05) is 48.7 Å². The van der Waals surface area contributed by atoms with Gasteiger partial charge in [0.25, 0.3) is 0 Å². The second kappa shape index (κ2) is 7.96. The van der Waals surface area contributed by atoms with Crippen molar-refractivity contribution in [3.63, 3.8) is 0 Å². The lowest BCUT2D eigenvalue weighted by molar-refractivity contribution is -0.120. The summed E-state index contributed by atoms with van der Waals surface area (Å²) in [4.78, 5) is 15.6. The van der Waals surface area contributed by atoms with Crippen molar-refractivity contribution in [1.82, 2.24) is 0 Å². The fourth-order valence-corrected chi connectivity index (χ4v) is 2.94. The lowest BCUT2D eigenvalue weighted by Gasteiger charge is -2.25. The van der Waals surface area contributed by atoms with Gasteiger partial charge in [0.2, 0.25) is 5.91 Å². The molecule has 0 saturated carbocycles. The summed E-state index contributed by atoms with van der Waals surface area (Å²) in [5.74, 6) is 0.727. The van der Waals surface area contributed by atoms with Crippen molar-refractivity contribution in [2.45, 2.75) is 32.4 Å². The van der Waals surface area contributed by atoms with Gasteiger partial charge in [0.05, 0.1) is 19.7 Å². The summed E-state index contributed by atoms with van der Waals surface area (Å²) in [6, 6.07) is 11.0. The molecular formula is C17H22N2O2S. The molecule has 118 valence electrons. The highest BCUT2D eigenvalue weighted by atomic mass is 32.1. The third-order valence-corrected chi connectivity index (χ3v) is 4.32. The number of ether oxygens (including phenoxy) is 1. The molecule has 1 aromatic heterocycles. The molecule has 22 heavy (non-hydrogen) atoms. The summed E-state index contributed by atoms with van der Waals surface area (Å²) in [5.41, 5.74) is 6.88. The predicted molar refractivity (Wildman–Crippen MR) is 91.4 cm³/mol. The molecule has 0 aliphatic heterocycles. The van der Waals surface area contributed by atoms with E-state index in [0.717, 1.165) is 22.7 Å². The highest BCUT2D eigenvalue weighted by molar-refractivity contribution is 7.09. The second-order valence-electron chi connectivity index (χ2n) is 5.10. The van der Waals surface area contributed by atoms with Gasteiger partial charge in [-0.2, -0.15) is 0 Å². The Kier molecular flexibility index (Phi) is 5.98. The first-order valence-corrected chi connectivity index (χ1v) is 8.27. The SMILES string of the molecule is CCCC(N)C(=O)N(Cc1cccs1)c1ccc(OC)cc1. The lowest BCUT2D eigenvalue weighted by atomic mass is 10.1. The zero-order chi connectivity index (χ0) is 15.9. The van der Waals surface area contributed by atoms with Crippen LogP contribution in [0.25, 0.3) is 0 Å². The van der Waals surface area contributed by atoms with Crippen LogP contribution in [0.2, 0.25) is 0 Å². The van der Waals surface area contributed by atoms with Crippen LogP contribution in [0.5, 0.6) is 5.75 Å². The van der Waals surface area contributed by atoms with Crippen molar-refractivity contribution in [3.05, 3.63) is 46.7 Å². The van der Waals surface area contributed by atoms with Crippen molar-refractivity contribution in [2.24, 2.45) is 5.73 Å². The molecule has 0 aliphatic carbocycles. The van der Waals surface area contributed by atoms with Crippen LogP contribution in [-0.4, -0.2) is 19.1 Å². The molecule has 1 atom stereocenters. The average Bonchev–Trinajstić information content (AvgIpc) is 3.05. The Labute approximate surface area is 135 Å². The van der Waals surface area contributed by atoms with Crippen molar-refractivity contribution >= 4 is 22.9 Å². The normalized spacial score (nSPS) is 12.0. The molecule has 1 amide bonds. The van der Waals surface area contributed by atoms with Crippen LogP contribution < -0.4 is 15.4 Å². The maximum absolute atomic E-state index is 12.7. The molecule has 0 aliphatic rings. The molecule has 4 nitrogen and oxygen atoms in total. The van der Waals surface area contributed by atoms with Gasteiger partial charge >= 0.3 is 0 Å². The number of carbonyl (C=O) groups is 1. The molecule has 5 heteroatoms. The number of nitrogens with zero attached hydrogens (tertiary/aromatic N) is 1. The van der Waals surface area contributed by atoms with Crippen molar-refractivity contribution in [2.75, 3.05) is 12.0 Å². The number of nitrogens with two attached hydrogens (primary N) is 1. The number of anilines is 1. The fraction of sp³-hybridized carbons (Fsp3) is 0.353. The minimum Gasteiger partial charge on any atom is -0.497 e. The van der Waals surface area contributed by atoms with Crippen LogP contribution in [0.4, 0.5) is 5.69 Å². The van der Waals surface area contributed by atoms with E-state index < -0.39 is 6.04 Å². The lowest BCUT2D eigenvalue weighted by Crippen LogP contribution is -2.43. The largest absolute Gasteiger partial charge is 0.497 e. The summed E-state index contributed by atoms with van der Waals surface area (Å²) >= 11 is 1.64. The quantitative estimate of drug-likeness (QED) is 0.851.